The van der Waals surface area contributed by atoms with Gasteiger partial charge in [0.2, 0.25) is 0 Å². The fraction of sp³-hybridized carbons (Fsp3) is 0. The summed E-state index contributed by atoms with van der Waals surface area (Å²) in [6.45, 7) is 0. The first kappa shape index (κ1) is 15.8. The average molecular weight is 318 g/mol. The summed E-state index contributed by atoms with van der Waals surface area (Å²) >= 11 is 0. The van der Waals surface area contributed by atoms with E-state index < -0.39 is 10.1 Å². The van der Waals surface area contributed by atoms with Gasteiger partial charge in [-0.2, -0.15) is 8.42 Å². The van der Waals surface area contributed by atoms with Gasteiger partial charge in [0.05, 0.1) is 4.90 Å². The molecule has 0 bridgehead atoms. The first-order valence-corrected chi connectivity index (χ1v) is 7.74. The molecule has 6 heteroatoms. The first-order valence-electron chi connectivity index (χ1n) is 6.30. The molecule has 0 spiro atoms. The van der Waals surface area contributed by atoms with Crippen molar-refractivity contribution in [3.05, 3.63) is 66.7 Å². The molecule has 0 atom stereocenters. The van der Waals surface area contributed by atoms with Crippen molar-refractivity contribution in [1.82, 2.24) is 0 Å². The highest BCUT2D eigenvalue weighted by molar-refractivity contribution is 7.85. The van der Waals surface area contributed by atoms with E-state index in [2.05, 4.69) is 0 Å². The monoisotopic (exact) mass is 318 g/mol. The van der Waals surface area contributed by atoms with E-state index in [-0.39, 0.29) is 10.6 Å². The molecule has 0 radical (unpaired) electrons. The molecule has 3 aromatic carbocycles. The van der Waals surface area contributed by atoms with Crippen LogP contribution >= 0.6 is 0 Å². The number of benzene rings is 3. The molecule has 0 saturated heterocycles. The number of phenols is 2. The Labute approximate surface area is 127 Å². The molecule has 3 aromatic rings. The molecule has 5 nitrogen and oxygen atoms in total. The topological polar surface area (TPSA) is 94.8 Å². The van der Waals surface area contributed by atoms with Crippen LogP contribution in [-0.2, 0) is 10.1 Å². The van der Waals surface area contributed by atoms with Crippen LogP contribution in [0.5, 0.6) is 11.5 Å². The van der Waals surface area contributed by atoms with Crippen LogP contribution in [0.15, 0.2) is 71.6 Å². The van der Waals surface area contributed by atoms with Crippen LogP contribution in [0.4, 0.5) is 0 Å². The fourth-order valence-corrected chi connectivity index (χ4v) is 2.27. The standard InChI is InChI=1S/C10H8O.C6H6O4S/c11-10-6-5-8-3-1-2-4-9(8)7-10;7-5-1-3-6(4-2-5)11(8,9)10/h1-7,11H;1-4,7H,(H,8,9,10). The third-order valence-electron chi connectivity index (χ3n) is 2.87. The van der Waals surface area contributed by atoms with E-state index in [0.717, 1.165) is 22.9 Å². The number of aromatic hydroxyl groups is 2. The van der Waals surface area contributed by atoms with Crippen molar-refractivity contribution in [2.45, 2.75) is 4.90 Å². The molecule has 0 fully saturated rings. The number of phenolic OH excluding ortho intramolecular Hbond substituents is 2. The minimum atomic E-state index is -4.13. The van der Waals surface area contributed by atoms with Gasteiger partial charge in [-0.05, 0) is 47.2 Å². The Morgan fingerprint density at radius 2 is 1.23 bits per heavy atom. The van der Waals surface area contributed by atoms with Gasteiger partial charge in [-0.1, -0.05) is 30.3 Å². The van der Waals surface area contributed by atoms with Crippen molar-refractivity contribution < 1.29 is 23.2 Å². The molecule has 3 N–H and O–H groups in total. The summed E-state index contributed by atoms with van der Waals surface area (Å²) in [5, 5.41) is 20.1. The van der Waals surface area contributed by atoms with Crippen molar-refractivity contribution in [3.8, 4) is 11.5 Å². The van der Waals surface area contributed by atoms with Gasteiger partial charge in [-0.3, -0.25) is 4.55 Å². The molecule has 22 heavy (non-hydrogen) atoms. The summed E-state index contributed by atoms with van der Waals surface area (Å²) < 4.78 is 29.3. The number of hydrogen-bond donors (Lipinski definition) is 3. The Hall–Kier alpha value is -2.57. The molecule has 0 heterocycles. The molecule has 0 aliphatic heterocycles. The van der Waals surface area contributed by atoms with E-state index in [1.807, 2.05) is 30.3 Å². The lowest BCUT2D eigenvalue weighted by Crippen LogP contribution is -1.96. The zero-order valence-corrected chi connectivity index (χ0v) is 12.2. The van der Waals surface area contributed by atoms with E-state index in [1.54, 1.807) is 12.1 Å². The van der Waals surface area contributed by atoms with Crippen LogP contribution in [0.3, 0.4) is 0 Å². The predicted molar refractivity (Wildman–Crippen MR) is 83.5 cm³/mol. The third kappa shape index (κ3) is 4.21. The maximum atomic E-state index is 10.4. The maximum absolute atomic E-state index is 10.4. The van der Waals surface area contributed by atoms with Crippen molar-refractivity contribution in [2.24, 2.45) is 0 Å². The normalized spacial score (nSPS) is 10.8. The minimum absolute atomic E-state index is 0.0441. The van der Waals surface area contributed by atoms with Crippen LogP contribution in [0, 0.1) is 0 Å². The third-order valence-corrected chi connectivity index (χ3v) is 3.74. The van der Waals surface area contributed by atoms with Crippen molar-refractivity contribution in [1.29, 1.82) is 0 Å². The van der Waals surface area contributed by atoms with Crippen LogP contribution in [0.2, 0.25) is 0 Å². The van der Waals surface area contributed by atoms with Crippen molar-refractivity contribution in [2.75, 3.05) is 0 Å². The lowest BCUT2D eigenvalue weighted by atomic mass is 10.1. The second-order valence-electron chi connectivity index (χ2n) is 4.50. The summed E-state index contributed by atoms with van der Waals surface area (Å²) in [5.41, 5.74) is 0. The number of rotatable bonds is 1. The minimum Gasteiger partial charge on any atom is -0.508 e. The second kappa shape index (κ2) is 6.46. The van der Waals surface area contributed by atoms with Gasteiger partial charge in [0.1, 0.15) is 11.5 Å². The second-order valence-corrected chi connectivity index (χ2v) is 5.92. The van der Waals surface area contributed by atoms with Gasteiger partial charge in [-0.15, -0.1) is 0 Å². The van der Waals surface area contributed by atoms with Gasteiger partial charge in [0.15, 0.2) is 0 Å². The Kier molecular flexibility index (Phi) is 4.65. The molecule has 3 rings (SSSR count). The summed E-state index contributed by atoms with van der Waals surface area (Å²) in [6.07, 6.45) is 0. The van der Waals surface area contributed by atoms with E-state index >= 15 is 0 Å². The van der Waals surface area contributed by atoms with Crippen LogP contribution < -0.4 is 0 Å². The molecule has 0 aliphatic rings. The Morgan fingerprint density at radius 3 is 1.82 bits per heavy atom. The van der Waals surface area contributed by atoms with Gasteiger partial charge in [0, 0.05) is 0 Å². The first-order chi connectivity index (χ1) is 10.4. The summed E-state index contributed by atoms with van der Waals surface area (Å²) in [6, 6.07) is 17.9. The predicted octanol–water partition coefficient (Wildman–Crippen LogP) is 3.18. The number of fused-ring (bicyclic) bond motifs is 1. The summed E-state index contributed by atoms with van der Waals surface area (Å²) in [7, 11) is -4.13. The van der Waals surface area contributed by atoms with E-state index in [1.165, 1.54) is 12.1 Å². The van der Waals surface area contributed by atoms with Gasteiger partial charge in [0.25, 0.3) is 10.1 Å². The summed E-state index contributed by atoms with van der Waals surface area (Å²) in [5.74, 6) is 0.279. The number of hydrogen-bond acceptors (Lipinski definition) is 4. The highest BCUT2D eigenvalue weighted by Gasteiger charge is 2.07. The maximum Gasteiger partial charge on any atom is 0.294 e. The van der Waals surface area contributed by atoms with E-state index in [0.29, 0.717) is 5.75 Å². The SMILES string of the molecule is O=S(=O)(O)c1ccc(O)cc1.Oc1ccc2ccccc2c1. The zero-order valence-electron chi connectivity index (χ0n) is 11.4. The van der Waals surface area contributed by atoms with Crippen LogP contribution in [0.1, 0.15) is 0 Å². The van der Waals surface area contributed by atoms with Crippen molar-refractivity contribution >= 4 is 20.9 Å². The highest BCUT2D eigenvalue weighted by Crippen LogP contribution is 2.18. The fourth-order valence-electron chi connectivity index (χ4n) is 1.79. The van der Waals surface area contributed by atoms with Gasteiger partial charge < -0.3 is 10.2 Å². The quantitative estimate of drug-likeness (QED) is 0.599. The molecule has 0 amide bonds. The molecular formula is C16H14O5S. The van der Waals surface area contributed by atoms with Crippen LogP contribution in [-0.4, -0.2) is 23.2 Å². The van der Waals surface area contributed by atoms with Gasteiger partial charge >= 0.3 is 0 Å². The molecular weight excluding hydrogens is 304 g/mol. The Bertz CT molecular complexity index is 870. The smallest absolute Gasteiger partial charge is 0.294 e. The Morgan fingerprint density at radius 1 is 0.682 bits per heavy atom. The molecule has 0 aliphatic carbocycles. The van der Waals surface area contributed by atoms with Gasteiger partial charge in [-0.25, -0.2) is 0 Å². The molecule has 0 unspecified atom stereocenters. The average Bonchev–Trinajstić information content (AvgIpc) is 2.47. The Balaban J connectivity index is 0.000000160. The lowest BCUT2D eigenvalue weighted by molar-refractivity contribution is 0.472. The zero-order chi connectivity index (χ0) is 16.2. The lowest BCUT2D eigenvalue weighted by Gasteiger charge is -1.96. The molecule has 0 aromatic heterocycles. The van der Waals surface area contributed by atoms with E-state index in [9.17, 15) is 8.42 Å². The van der Waals surface area contributed by atoms with E-state index in [4.69, 9.17) is 14.8 Å². The largest absolute Gasteiger partial charge is 0.508 e. The van der Waals surface area contributed by atoms with Crippen LogP contribution in [0.25, 0.3) is 10.8 Å². The highest BCUT2D eigenvalue weighted by atomic mass is 32.2. The molecule has 0 saturated carbocycles. The summed E-state index contributed by atoms with van der Waals surface area (Å²) in [4.78, 5) is -0.227. The molecule has 114 valence electrons. The van der Waals surface area contributed by atoms with Crippen molar-refractivity contribution in [3.63, 3.8) is 0 Å².